The molecule has 1 unspecified atom stereocenters. The van der Waals surface area contributed by atoms with Crippen molar-refractivity contribution in [1.82, 2.24) is 0 Å². The van der Waals surface area contributed by atoms with Crippen molar-refractivity contribution in [3.05, 3.63) is 294 Å². The van der Waals surface area contributed by atoms with E-state index in [2.05, 4.69) is 267 Å². The standard InChI is InChI=1S/C65H45N/c1-64(48-18-5-2-6-19-48)60-27-15-13-25-56(60)58-39-36-52(42-62(58)64)66(51-34-31-44(32-35-51)46-33-38-55-47(41-46)30-29-45-17-11-12-24-54(45)55)53-37-40-59-57-26-14-16-28-61(57)65(63(59)43-53,49-20-7-3-8-21-49)50-22-9-4-10-23-50/h2-43H,1H3. The second-order valence-electron chi connectivity index (χ2n) is 18.1. The SMILES string of the molecule is CC1(c2ccccc2)c2ccccc2-c2ccc(N(c3ccc(-c4ccc5c(ccc6ccccc65)c4)cc3)c3ccc4c(c3)C(c3ccccc3)(c3ccccc3)c3ccccc3-4)cc21. The molecule has 0 radical (unpaired) electrons. The lowest BCUT2D eigenvalue weighted by atomic mass is 9.67. The molecule has 0 fully saturated rings. The summed E-state index contributed by atoms with van der Waals surface area (Å²) in [6.45, 7) is 2.41. The van der Waals surface area contributed by atoms with Gasteiger partial charge in [0.2, 0.25) is 0 Å². The van der Waals surface area contributed by atoms with Crippen molar-refractivity contribution in [3.8, 4) is 33.4 Å². The van der Waals surface area contributed by atoms with Crippen molar-refractivity contribution in [3.63, 3.8) is 0 Å². The van der Waals surface area contributed by atoms with Gasteiger partial charge in [0.25, 0.3) is 0 Å². The predicted octanol–water partition coefficient (Wildman–Crippen LogP) is 16.8. The van der Waals surface area contributed by atoms with Crippen LogP contribution in [0.2, 0.25) is 0 Å². The van der Waals surface area contributed by atoms with Gasteiger partial charge < -0.3 is 4.90 Å². The highest BCUT2D eigenvalue weighted by atomic mass is 15.1. The van der Waals surface area contributed by atoms with E-state index in [1.165, 1.54) is 93.9 Å². The molecule has 0 spiro atoms. The van der Waals surface area contributed by atoms with E-state index >= 15 is 0 Å². The van der Waals surface area contributed by atoms with Crippen molar-refractivity contribution in [2.45, 2.75) is 17.8 Å². The highest BCUT2D eigenvalue weighted by Gasteiger charge is 2.46. The van der Waals surface area contributed by atoms with Crippen LogP contribution in [0.1, 0.15) is 45.9 Å². The fourth-order valence-electron chi connectivity index (χ4n) is 11.7. The van der Waals surface area contributed by atoms with Crippen LogP contribution in [0.25, 0.3) is 54.9 Å². The normalized spacial score (nSPS) is 15.2. The van der Waals surface area contributed by atoms with Crippen molar-refractivity contribution in [2.24, 2.45) is 0 Å². The van der Waals surface area contributed by atoms with Gasteiger partial charge in [-0.2, -0.15) is 0 Å². The third-order valence-electron chi connectivity index (χ3n) is 14.8. The molecule has 13 rings (SSSR count). The molecule has 0 aromatic heterocycles. The monoisotopic (exact) mass is 839 g/mol. The number of rotatable bonds is 7. The third-order valence-corrected chi connectivity index (χ3v) is 14.8. The molecule has 1 atom stereocenters. The number of anilines is 3. The molecule has 0 saturated carbocycles. The Labute approximate surface area is 386 Å². The van der Waals surface area contributed by atoms with Gasteiger partial charge in [-0.1, -0.05) is 212 Å². The van der Waals surface area contributed by atoms with Crippen LogP contribution in [-0.2, 0) is 10.8 Å². The Bertz CT molecular complexity index is 3610. The Balaban J connectivity index is 1.02. The zero-order valence-electron chi connectivity index (χ0n) is 36.7. The van der Waals surface area contributed by atoms with Crippen LogP contribution in [0.15, 0.2) is 255 Å². The molecule has 0 heterocycles. The van der Waals surface area contributed by atoms with Gasteiger partial charge in [0.05, 0.1) is 5.41 Å². The van der Waals surface area contributed by atoms with E-state index in [1.54, 1.807) is 0 Å². The minimum atomic E-state index is -0.521. The Morgan fingerprint density at radius 1 is 0.288 bits per heavy atom. The topological polar surface area (TPSA) is 3.24 Å². The first-order valence-corrected chi connectivity index (χ1v) is 23.1. The van der Waals surface area contributed by atoms with E-state index in [4.69, 9.17) is 0 Å². The third kappa shape index (κ3) is 5.60. The van der Waals surface area contributed by atoms with Gasteiger partial charge in [-0.25, -0.2) is 0 Å². The van der Waals surface area contributed by atoms with Crippen LogP contribution in [0.5, 0.6) is 0 Å². The fourth-order valence-corrected chi connectivity index (χ4v) is 11.7. The second-order valence-corrected chi connectivity index (χ2v) is 18.1. The molecule has 0 bridgehead atoms. The van der Waals surface area contributed by atoms with Crippen LogP contribution in [0.4, 0.5) is 17.1 Å². The molecule has 2 aliphatic rings. The summed E-state index contributed by atoms with van der Waals surface area (Å²) in [6.07, 6.45) is 0. The first kappa shape index (κ1) is 38.2. The molecule has 11 aromatic rings. The zero-order valence-corrected chi connectivity index (χ0v) is 36.7. The first-order chi connectivity index (χ1) is 32.6. The van der Waals surface area contributed by atoms with Crippen molar-refractivity contribution in [2.75, 3.05) is 4.90 Å². The summed E-state index contributed by atoms with van der Waals surface area (Å²) in [4.78, 5) is 2.48. The Morgan fingerprint density at radius 3 is 1.44 bits per heavy atom. The van der Waals surface area contributed by atoms with Crippen molar-refractivity contribution >= 4 is 38.6 Å². The summed E-state index contributed by atoms with van der Waals surface area (Å²) in [5.41, 5.74) is 19.0. The molecule has 1 heteroatoms. The summed E-state index contributed by atoms with van der Waals surface area (Å²) in [5.74, 6) is 0. The van der Waals surface area contributed by atoms with Crippen LogP contribution >= 0.6 is 0 Å². The number of hydrogen-bond acceptors (Lipinski definition) is 1. The average molecular weight is 840 g/mol. The molecule has 1 nitrogen and oxygen atoms in total. The molecule has 2 aliphatic carbocycles. The Kier molecular flexibility index (Phi) is 8.63. The van der Waals surface area contributed by atoms with E-state index in [0.717, 1.165) is 17.1 Å². The van der Waals surface area contributed by atoms with E-state index in [9.17, 15) is 0 Å². The van der Waals surface area contributed by atoms with E-state index < -0.39 is 5.41 Å². The van der Waals surface area contributed by atoms with Gasteiger partial charge in [0, 0.05) is 22.5 Å². The highest BCUT2D eigenvalue weighted by Crippen LogP contribution is 2.58. The molecule has 66 heavy (non-hydrogen) atoms. The number of benzene rings is 11. The fraction of sp³-hybridized carbons (Fsp3) is 0.0462. The van der Waals surface area contributed by atoms with E-state index in [0.29, 0.717) is 0 Å². The van der Waals surface area contributed by atoms with Crippen LogP contribution in [0, 0.1) is 0 Å². The average Bonchev–Trinajstić information content (AvgIpc) is 3.84. The quantitative estimate of drug-likeness (QED) is 0.145. The van der Waals surface area contributed by atoms with Gasteiger partial charge >= 0.3 is 0 Å². The van der Waals surface area contributed by atoms with Gasteiger partial charge in [-0.3, -0.25) is 0 Å². The van der Waals surface area contributed by atoms with Crippen molar-refractivity contribution in [1.29, 1.82) is 0 Å². The molecule has 310 valence electrons. The molecule has 0 aliphatic heterocycles. The summed E-state index contributed by atoms with van der Waals surface area (Å²) in [7, 11) is 0. The molecule has 0 saturated heterocycles. The molecular weight excluding hydrogens is 795 g/mol. The Hall–Kier alpha value is -8.26. The second kappa shape index (κ2) is 14.9. The molecular formula is C65H45N. The lowest BCUT2D eigenvalue weighted by Gasteiger charge is -2.35. The highest BCUT2D eigenvalue weighted by molar-refractivity contribution is 6.08. The minimum absolute atomic E-state index is 0.338. The zero-order chi connectivity index (χ0) is 43.8. The van der Waals surface area contributed by atoms with E-state index in [-0.39, 0.29) is 5.41 Å². The van der Waals surface area contributed by atoms with Crippen LogP contribution < -0.4 is 4.90 Å². The lowest BCUT2D eigenvalue weighted by molar-refractivity contribution is 0.714. The maximum absolute atomic E-state index is 2.48. The van der Waals surface area contributed by atoms with Crippen LogP contribution in [-0.4, -0.2) is 0 Å². The minimum Gasteiger partial charge on any atom is -0.310 e. The number of fused-ring (bicyclic) bond motifs is 9. The maximum Gasteiger partial charge on any atom is 0.0714 e. The first-order valence-electron chi connectivity index (χ1n) is 23.1. The summed E-state index contributed by atoms with van der Waals surface area (Å²) in [6, 6.07) is 94.8. The maximum atomic E-state index is 2.48. The number of nitrogens with zero attached hydrogens (tertiary/aromatic N) is 1. The summed E-state index contributed by atoms with van der Waals surface area (Å²) >= 11 is 0. The van der Waals surface area contributed by atoms with Gasteiger partial charge in [0.15, 0.2) is 0 Å². The number of hydrogen-bond donors (Lipinski definition) is 0. The summed E-state index contributed by atoms with van der Waals surface area (Å²) in [5, 5.41) is 5.08. The van der Waals surface area contributed by atoms with Crippen molar-refractivity contribution < 1.29 is 0 Å². The Morgan fingerprint density at radius 2 is 0.758 bits per heavy atom. The van der Waals surface area contributed by atoms with Gasteiger partial charge in [0.1, 0.15) is 0 Å². The van der Waals surface area contributed by atoms with Gasteiger partial charge in [-0.15, -0.1) is 0 Å². The molecule has 0 N–H and O–H groups in total. The smallest absolute Gasteiger partial charge is 0.0714 e. The lowest BCUT2D eigenvalue weighted by Crippen LogP contribution is -2.28. The largest absolute Gasteiger partial charge is 0.310 e. The van der Waals surface area contributed by atoms with E-state index in [1.807, 2.05) is 0 Å². The van der Waals surface area contributed by atoms with Crippen LogP contribution in [0.3, 0.4) is 0 Å². The molecule has 0 amide bonds. The molecule has 11 aromatic carbocycles. The van der Waals surface area contributed by atoms with Gasteiger partial charge in [-0.05, 0) is 143 Å². The summed E-state index contributed by atoms with van der Waals surface area (Å²) < 4.78 is 0. The predicted molar refractivity (Wildman–Crippen MR) is 276 cm³/mol.